The van der Waals surface area contributed by atoms with Gasteiger partial charge < -0.3 is 10.7 Å². The number of aromatic amines is 1. The van der Waals surface area contributed by atoms with Crippen molar-refractivity contribution in [2.75, 3.05) is 4.90 Å². The Labute approximate surface area is 306 Å². The van der Waals surface area contributed by atoms with Crippen molar-refractivity contribution in [1.29, 1.82) is 0 Å². The van der Waals surface area contributed by atoms with Crippen molar-refractivity contribution < 1.29 is 9.59 Å². The van der Waals surface area contributed by atoms with Crippen LogP contribution in [0, 0.1) is 0 Å². The van der Waals surface area contributed by atoms with Gasteiger partial charge in [0.1, 0.15) is 11.2 Å². The normalized spacial score (nSPS) is 13.3. The molecule has 252 valence electrons. The Morgan fingerprint density at radius 3 is 1.64 bits per heavy atom. The molecule has 50 heavy (non-hydrogen) atoms. The molecule has 7 nitrogen and oxygen atoms in total. The smallest absolute Gasteiger partial charge is 0.267 e. The van der Waals surface area contributed by atoms with Crippen molar-refractivity contribution in [3.63, 3.8) is 0 Å². The van der Waals surface area contributed by atoms with Crippen LogP contribution in [0.4, 0.5) is 11.4 Å². The van der Waals surface area contributed by atoms with Crippen LogP contribution >= 0.6 is 34.8 Å². The van der Waals surface area contributed by atoms with Crippen LogP contribution in [0.5, 0.6) is 0 Å². The molecule has 0 aliphatic rings. The molecule has 1 aromatic heterocycles. The lowest BCUT2D eigenvalue weighted by atomic mass is 9.69. The van der Waals surface area contributed by atoms with Gasteiger partial charge in [0.05, 0.1) is 23.5 Å². The lowest BCUT2D eigenvalue weighted by molar-refractivity contribution is -0.126. The third-order valence-electron chi connectivity index (χ3n) is 8.58. The molecule has 4 N–H and O–H groups in total. The van der Waals surface area contributed by atoms with E-state index in [2.05, 4.69) is 46.7 Å². The minimum atomic E-state index is -1.99. The van der Waals surface area contributed by atoms with Gasteiger partial charge >= 0.3 is 0 Å². The third kappa shape index (κ3) is 7.04. The summed E-state index contributed by atoms with van der Waals surface area (Å²) in [5, 5.41) is 4.02. The van der Waals surface area contributed by atoms with Gasteiger partial charge in [-0.15, -0.1) is 0 Å². The van der Waals surface area contributed by atoms with Crippen LogP contribution in [0.25, 0.3) is 0 Å². The standard InChI is InChI=1S/C40H34Cl3N5O2/c1-27(47-39(43,25-36(44)49)38(50)48(33-21-11-19-31(41)23-33)34-22-12-20-32(42)24-34)35-26-45-37(46-35)40(28-13-5-2-6-14-28,29-15-7-3-8-16-29)30-17-9-4-10-18-30/h2-24,26-27,47H,25H2,1H3,(H2,44,49)(H,45,46). The molecule has 0 aliphatic heterocycles. The molecule has 0 saturated heterocycles. The molecule has 6 aromatic rings. The quantitative estimate of drug-likeness (QED) is 0.0667. The lowest BCUT2D eigenvalue weighted by Gasteiger charge is -2.35. The number of amides is 2. The number of carbonyl (C=O) groups is 2. The van der Waals surface area contributed by atoms with Crippen LogP contribution in [0.2, 0.25) is 10.0 Å². The van der Waals surface area contributed by atoms with E-state index in [1.54, 1.807) is 54.7 Å². The Balaban J connectivity index is 1.43. The molecule has 2 amide bonds. The van der Waals surface area contributed by atoms with Gasteiger partial charge in [-0.25, -0.2) is 4.98 Å². The summed E-state index contributed by atoms with van der Waals surface area (Å²) in [6.45, 7) is 1.83. The summed E-state index contributed by atoms with van der Waals surface area (Å²) in [7, 11) is 0. The molecule has 10 heteroatoms. The third-order valence-corrected chi connectivity index (χ3v) is 9.45. The van der Waals surface area contributed by atoms with Gasteiger partial charge in [0, 0.05) is 22.3 Å². The first-order valence-electron chi connectivity index (χ1n) is 15.9. The molecule has 1 heterocycles. The second-order valence-electron chi connectivity index (χ2n) is 11.9. The number of benzene rings is 5. The van der Waals surface area contributed by atoms with Crippen LogP contribution in [0.15, 0.2) is 146 Å². The van der Waals surface area contributed by atoms with E-state index in [4.69, 9.17) is 45.5 Å². The molecule has 0 fully saturated rings. The fourth-order valence-corrected chi connectivity index (χ4v) is 7.11. The van der Waals surface area contributed by atoms with E-state index in [0.717, 1.165) is 16.7 Å². The van der Waals surface area contributed by atoms with Gasteiger partial charge in [-0.05, 0) is 60.0 Å². The maximum Gasteiger partial charge on any atom is 0.267 e. The second-order valence-corrected chi connectivity index (χ2v) is 13.5. The van der Waals surface area contributed by atoms with Crippen LogP contribution in [-0.4, -0.2) is 26.8 Å². The highest BCUT2D eigenvalue weighted by atomic mass is 35.5. The highest BCUT2D eigenvalue weighted by Crippen LogP contribution is 2.44. The van der Waals surface area contributed by atoms with Gasteiger partial charge in [0.2, 0.25) is 5.91 Å². The summed E-state index contributed by atoms with van der Waals surface area (Å²) in [5.74, 6) is -0.765. The molecule has 0 spiro atoms. The molecular formula is C40H34Cl3N5O2. The number of H-pyrrole nitrogens is 1. The Bertz CT molecular complexity index is 1950. The topological polar surface area (TPSA) is 104 Å². The van der Waals surface area contributed by atoms with E-state index in [0.29, 0.717) is 32.9 Å². The number of nitrogens with one attached hydrogen (secondary N) is 2. The maximum absolute atomic E-state index is 14.6. The number of primary amides is 1. The number of nitrogens with two attached hydrogens (primary N) is 1. The van der Waals surface area contributed by atoms with Crippen molar-refractivity contribution in [2.24, 2.45) is 5.73 Å². The maximum atomic E-state index is 14.6. The monoisotopic (exact) mass is 721 g/mol. The Morgan fingerprint density at radius 1 is 0.760 bits per heavy atom. The molecule has 2 atom stereocenters. The first kappa shape index (κ1) is 34.9. The summed E-state index contributed by atoms with van der Waals surface area (Å²) >= 11 is 19.9. The van der Waals surface area contributed by atoms with Crippen molar-refractivity contribution in [2.45, 2.75) is 29.8 Å². The molecular weight excluding hydrogens is 689 g/mol. The van der Waals surface area contributed by atoms with Crippen molar-refractivity contribution in [3.8, 4) is 0 Å². The van der Waals surface area contributed by atoms with Crippen LogP contribution < -0.4 is 16.0 Å². The average molecular weight is 723 g/mol. The van der Waals surface area contributed by atoms with E-state index < -0.39 is 34.7 Å². The zero-order valence-electron chi connectivity index (χ0n) is 27.1. The number of rotatable bonds is 12. The van der Waals surface area contributed by atoms with E-state index in [9.17, 15) is 9.59 Å². The number of nitrogens with zero attached hydrogens (tertiary/aromatic N) is 2. The van der Waals surface area contributed by atoms with Gasteiger partial charge in [0.15, 0.2) is 5.00 Å². The highest BCUT2D eigenvalue weighted by molar-refractivity contribution is 6.39. The van der Waals surface area contributed by atoms with Gasteiger partial charge in [-0.1, -0.05) is 138 Å². The highest BCUT2D eigenvalue weighted by Gasteiger charge is 2.45. The van der Waals surface area contributed by atoms with E-state index >= 15 is 0 Å². The summed E-state index contributed by atoms with van der Waals surface area (Å²) in [4.78, 5) is 35.0. The Kier molecular flexibility index (Phi) is 10.4. The van der Waals surface area contributed by atoms with Crippen molar-refractivity contribution >= 4 is 58.0 Å². The number of hydrogen-bond donors (Lipinski definition) is 3. The number of aromatic nitrogens is 2. The zero-order valence-corrected chi connectivity index (χ0v) is 29.3. The molecule has 2 unspecified atom stereocenters. The van der Waals surface area contributed by atoms with E-state index in [1.165, 1.54) is 4.90 Å². The molecule has 0 radical (unpaired) electrons. The fraction of sp³-hybridized carbons (Fsp3) is 0.125. The molecule has 0 bridgehead atoms. The number of hydrogen-bond acceptors (Lipinski definition) is 4. The summed E-state index contributed by atoms with van der Waals surface area (Å²) in [5.41, 5.74) is 9.40. The van der Waals surface area contributed by atoms with Crippen molar-refractivity contribution in [1.82, 2.24) is 15.3 Å². The van der Waals surface area contributed by atoms with E-state index in [-0.39, 0.29) is 0 Å². The Hall–Kier alpha value is -4.92. The number of imidazole rings is 1. The van der Waals surface area contributed by atoms with Crippen LogP contribution in [0.3, 0.4) is 0 Å². The number of carbonyl (C=O) groups excluding carboxylic acids is 2. The van der Waals surface area contributed by atoms with Crippen LogP contribution in [0.1, 0.15) is 47.6 Å². The average Bonchev–Trinajstić information content (AvgIpc) is 3.61. The lowest BCUT2D eigenvalue weighted by Crippen LogP contribution is -2.55. The first-order valence-corrected chi connectivity index (χ1v) is 17.1. The number of alkyl halides is 1. The predicted molar refractivity (Wildman–Crippen MR) is 201 cm³/mol. The summed E-state index contributed by atoms with van der Waals surface area (Å²) in [6, 6.07) is 43.4. The van der Waals surface area contributed by atoms with Gasteiger partial charge in [0.25, 0.3) is 5.91 Å². The predicted octanol–water partition coefficient (Wildman–Crippen LogP) is 8.93. The van der Waals surface area contributed by atoms with Crippen LogP contribution in [-0.2, 0) is 15.0 Å². The Morgan fingerprint density at radius 2 is 1.22 bits per heavy atom. The largest absolute Gasteiger partial charge is 0.370 e. The fourth-order valence-electron chi connectivity index (χ4n) is 6.36. The number of halogens is 3. The summed E-state index contributed by atoms with van der Waals surface area (Å²) < 4.78 is 0. The molecule has 0 saturated carbocycles. The minimum absolute atomic E-state index is 0.405. The summed E-state index contributed by atoms with van der Waals surface area (Å²) in [6.07, 6.45) is 1.20. The van der Waals surface area contributed by atoms with Crippen molar-refractivity contribution in [3.05, 3.63) is 184 Å². The second kappa shape index (κ2) is 14.9. The van der Waals surface area contributed by atoms with Gasteiger partial charge in [-0.3, -0.25) is 19.8 Å². The number of anilines is 2. The molecule has 5 aromatic carbocycles. The van der Waals surface area contributed by atoms with Gasteiger partial charge in [-0.2, -0.15) is 0 Å². The first-order chi connectivity index (χ1) is 24.1. The minimum Gasteiger partial charge on any atom is -0.370 e. The van der Waals surface area contributed by atoms with E-state index in [1.807, 2.05) is 61.5 Å². The molecule has 6 rings (SSSR count). The zero-order chi connectivity index (χ0) is 35.3. The molecule has 0 aliphatic carbocycles. The SMILES string of the molecule is CC(NC(Cl)(CC(N)=O)C(=O)N(c1cccc(Cl)c1)c1cccc(Cl)c1)c1cnc(C(c2ccccc2)(c2ccccc2)c2ccccc2)[nH]1.